The second-order valence-electron chi connectivity index (χ2n) is 6.82. The fourth-order valence-corrected chi connectivity index (χ4v) is 8.79. The van der Waals surface area contributed by atoms with E-state index in [0.29, 0.717) is 33.8 Å². The average molecular weight is 357 g/mol. The normalized spacial score (nSPS) is 12.3. The number of carbonyl (C=O) groups is 1. The molecule has 0 aromatic carbocycles. The summed E-state index contributed by atoms with van der Waals surface area (Å²) in [6.07, 6.45) is 2.20. The number of rotatable bonds is 7. The topological polar surface area (TPSA) is 51.2 Å². The van der Waals surface area contributed by atoms with Gasteiger partial charge in [-0.1, -0.05) is 60.1 Å². The van der Waals surface area contributed by atoms with Crippen molar-refractivity contribution in [2.45, 2.75) is 71.5 Å². The number of amides is 1. The van der Waals surface area contributed by atoms with E-state index in [1.807, 2.05) is 6.92 Å². The van der Waals surface area contributed by atoms with E-state index in [1.54, 1.807) is 12.3 Å². The van der Waals surface area contributed by atoms with Crippen LogP contribution in [0, 0.1) is 0 Å². The number of hydroxylamine groups is 1. The molecule has 1 aromatic heterocycles. The number of nitrogens with one attached hydrogen (secondary N) is 1. The lowest BCUT2D eigenvalue weighted by atomic mass is 10.1. The molecule has 23 heavy (non-hydrogen) atoms. The van der Waals surface area contributed by atoms with Crippen molar-refractivity contribution in [3.05, 3.63) is 28.5 Å². The van der Waals surface area contributed by atoms with Crippen molar-refractivity contribution in [2.24, 2.45) is 0 Å². The standard InChI is InChI=1S/C17H29ClN2O2Si/c1-8-14-15(18)9-10-19-16(14)17(21)20-22-23(11(2)3,12(4)5)13(6)7/h9-13H,8H2,1-7H3,(H,20,21). The molecule has 0 fully saturated rings. The van der Waals surface area contributed by atoms with Crippen LogP contribution in [0.3, 0.4) is 0 Å². The maximum absolute atomic E-state index is 12.6. The molecule has 0 saturated carbocycles. The predicted octanol–water partition coefficient (Wildman–Crippen LogP) is 5.13. The zero-order valence-electron chi connectivity index (χ0n) is 15.2. The molecule has 0 aliphatic rings. The summed E-state index contributed by atoms with van der Waals surface area (Å²) in [6, 6.07) is 1.70. The first-order chi connectivity index (χ1) is 10.7. The van der Waals surface area contributed by atoms with Crippen molar-refractivity contribution in [1.29, 1.82) is 0 Å². The highest BCUT2D eigenvalue weighted by Gasteiger charge is 2.46. The minimum Gasteiger partial charge on any atom is -0.318 e. The largest absolute Gasteiger partial charge is 0.318 e. The van der Waals surface area contributed by atoms with Gasteiger partial charge in [0.05, 0.1) is 0 Å². The van der Waals surface area contributed by atoms with E-state index < -0.39 is 8.32 Å². The molecule has 0 bridgehead atoms. The van der Waals surface area contributed by atoms with Gasteiger partial charge in [-0.05, 0) is 29.1 Å². The lowest BCUT2D eigenvalue weighted by Crippen LogP contribution is -2.52. The monoisotopic (exact) mass is 356 g/mol. The van der Waals surface area contributed by atoms with Gasteiger partial charge in [0.1, 0.15) is 5.69 Å². The lowest BCUT2D eigenvalue weighted by Gasteiger charge is -2.40. The minimum absolute atomic E-state index is 0.317. The van der Waals surface area contributed by atoms with E-state index in [9.17, 15) is 4.79 Å². The van der Waals surface area contributed by atoms with Crippen LogP contribution in [0.15, 0.2) is 12.3 Å². The van der Waals surface area contributed by atoms with E-state index in [-0.39, 0.29) is 5.91 Å². The molecule has 0 aliphatic heterocycles. The van der Waals surface area contributed by atoms with Crippen molar-refractivity contribution in [2.75, 3.05) is 0 Å². The molecule has 0 unspecified atom stereocenters. The Morgan fingerprint density at radius 3 is 2.17 bits per heavy atom. The minimum atomic E-state index is -2.16. The number of aromatic nitrogens is 1. The molecule has 0 radical (unpaired) electrons. The summed E-state index contributed by atoms with van der Waals surface area (Å²) in [5.74, 6) is -0.317. The summed E-state index contributed by atoms with van der Waals surface area (Å²) >= 11 is 6.16. The molecule has 1 aromatic rings. The predicted molar refractivity (Wildman–Crippen MR) is 98.2 cm³/mol. The summed E-state index contributed by atoms with van der Waals surface area (Å²) < 4.78 is 6.13. The summed E-state index contributed by atoms with van der Waals surface area (Å²) in [4.78, 5) is 16.7. The van der Waals surface area contributed by atoms with Crippen LogP contribution in [-0.2, 0) is 10.9 Å². The van der Waals surface area contributed by atoms with E-state index in [1.165, 1.54) is 0 Å². The fourth-order valence-electron chi connectivity index (χ4n) is 3.54. The number of carbonyl (C=O) groups excluding carboxylic acids is 1. The van der Waals surface area contributed by atoms with Crippen LogP contribution in [0.5, 0.6) is 0 Å². The maximum atomic E-state index is 12.6. The summed E-state index contributed by atoms with van der Waals surface area (Å²) in [5, 5.41) is 0.563. The first kappa shape index (κ1) is 20.1. The Hall–Kier alpha value is -0.913. The molecule has 0 atom stereocenters. The van der Waals surface area contributed by atoms with Crippen LogP contribution in [0.25, 0.3) is 0 Å². The van der Waals surface area contributed by atoms with Crippen molar-refractivity contribution in [3.63, 3.8) is 0 Å². The summed E-state index contributed by atoms with van der Waals surface area (Å²) in [7, 11) is -2.16. The van der Waals surface area contributed by atoms with Gasteiger partial charge < -0.3 is 4.53 Å². The highest BCUT2D eigenvalue weighted by molar-refractivity contribution is 6.77. The SMILES string of the molecule is CCc1c(Cl)ccnc1C(=O)NO[Si](C(C)C)(C(C)C)C(C)C. The number of hydrogen-bond donors (Lipinski definition) is 1. The molecule has 0 spiro atoms. The molecule has 1 heterocycles. The molecule has 4 nitrogen and oxygen atoms in total. The zero-order chi connectivity index (χ0) is 17.8. The van der Waals surface area contributed by atoms with Crippen LogP contribution in [0.2, 0.25) is 21.6 Å². The molecule has 1 N–H and O–H groups in total. The van der Waals surface area contributed by atoms with Crippen molar-refractivity contribution >= 4 is 25.8 Å². The van der Waals surface area contributed by atoms with Gasteiger partial charge in [-0.2, -0.15) is 0 Å². The van der Waals surface area contributed by atoms with Crippen LogP contribution in [0.4, 0.5) is 0 Å². The van der Waals surface area contributed by atoms with Gasteiger partial charge in [-0.25, -0.2) is 5.48 Å². The Kier molecular flexibility index (Phi) is 7.23. The molecular weight excluding hydrogens is 328 g/mol. The third-order valence-electron chi connectivity index (χ3n) is 4.59. The molecule has 1 amide bonds. The van der Waals surface area contributed by atoms with Gasteiger partial charge >= 0.3 is 0 Å². The van der Waals surface area contributed by atoms with Crippen LogP contribution in [0.1, 0.15) is 64.5 Å². The molecule has 6 heteroatoms. The Morgan fingerprint density at radius 2 is 1.74 bits per heavy atom. The van der Waals surface area contributed by atoms with E-state index >= 15 is 0 Å². The molecular formula is C17H29ClN2O2Si. The smallest absolute Gasteiger partial charge is 0.292 e. The maximum Gasteiger partial charge on any atom is 0.292 e. The molecule has 0 aliphatic carbocycles. The molecule has 1 rings (SSSR count). The third kappa shape index (κ3) is 4.14. The Morgan fingerprint density at radius 1 is 1.22 bits per heavy atom. The highest BCUT2D eigenvalue weighted by atomic mass is 35.5. The number of hydrogen-bond acceptors (Lipinski definition) is 3. The number of pyridine rings is 1. The van der Waals surface area contributed by atoms with Crippen molar-refractivity contribution in [1.82, 2.24) is 10.5 Å². The van der Waals surface area contributed by atoms with E-state index in [0.717, 1.165) is 5.56 Å². The van der Waals surface area contributed by atoms with Gasteiger partial charge in [0.15, 0.2) is 0 Å². The average Bonchev–Trinajstić information content (AvgIpc) is 2.46. The van der Waals surface area contributed by atoms with E-state index in [2.05, 4.69) is 52.0 Å². The van der Waals surface area contributed by atoms with Crippen LogP contribution in [-0.4, -0.2) is 19.2 Å². The lowest BCUT2D eigenvalue weighted by molar-refractivity contribution is 0.0713. The van der Waals surface area contributed by atoms with Crippen molar-refractivity contribution < 1.29 is 9.32 Å². The van der Waals surface area contributed by atoms with Gasteiger partial charge in [-0.15, -0.1) is 0 Å². The first-order valence-corrected chi connectivity index (χ1v) is 10.8. The zero-order valence-corrected chi connectivity index (χ0v) is 17.0. The molecule has 130 valence electrons. The van der Waals surface area contributed by atoms with Crippen LogP contribution >= 0.6 is 11.6 Å². The van der Waals surface area contributed by atoms with Gasteiger partial charge in [0.25, 0.3) is 5.91 Å². The van der Waals surface area contributed by atoms with Gasteiger partial charge in [-0.3, -0.25) is 9.78 Å². The Balaban J connectivity index is 3.04. The van der Waals surface area contributed by atoms with Crippen LogP contribution < -0.4 is 5.48 Å². The second-order valence-corrected chi connectivity index (χ2v) is 12.6. The van der Waals surface area contributed by atoms with Gasteiger partial charge in [0, 0.05) is 16.8 Å². The van der Waals surface area contributed by atoms with Gasteiger partial charge in [0.2, 0.25) is 8.32 Å². The molecule has 0 saturated heterocycles. The number of halogens is 1. The Bertz CT molecular complexity index is 526. The second kappa shape index (κ2) is 8.26. The Labute approximate surface area is 146 Å². The first-order valence-electron chi connectivity index (χ1n) is 8.30. The number of nitrogens with zero attached hydrogens (tertiary/aromatic N) is 1. The summed E-state index contributed by atoms with van der Waals surface area (Å²) in [6.45, 7) is 15.0. The third-order valence-corrected chi connectivity index (χ3v) is 10.8. The highest BCUT2D eigenvalue weighted by Crippen LogP contribution is 2.41. The van der Waals surface area contributed by atoms with E-state index in [4.69, 9.17) is 16.1 Å². The fraction of sp³-hybridized carbons (Fsp3) is 0.647. The quantitative estimate of drug-likeness (QED) is 0.544. The van der Waals surface area contributed by atoms with Crippen molar-refractivity contribution in [3.8, 4) is 0 Å². The summed E-state index contributed by atoms with van der Waals surface area (Å²) in [5.41, 5.74) is 4.95.